The monoisotopic (exact) mass is 303 g/mol. The van der Waals surface area contributed by atoms with Gasteiger partial charge >= 0.3 is 0 Å². The smallest absolute Gasteiger partial charge is 0.0804 e. The molecule has 1 atom stereocenters. The lowest BCUT2D eigenvalue weighted by Crippen LogP contribution is -2.44. The van der Waals surface area contributed by atoms with E-state index in [0.29, 0.717) is 0 Å². The molecule has 3 rings (SSSR count). The Labute approximate surface area is 140 Å². The average Bonchev–Trinajstić information content (AvgIpc) is 3.16. The van der Waals surface area contributed by atoms with Crippen molar-refractivity contribution in [2.45, 2.75) is 38.1 Å². The Kier molecular flexibility index (Phi) is 5.16. The van der Waals surface area contributed by atoms with Crippen LogP contribution < -0.4 is 0 Å². The lowest BCUT2D eigenvalue weighted by Gasteiger charge is -2.34. The first-order chi connectivity index (χ1) is 11.3. The standard InChI is InChI=1S/C22H25N/c1-22(23-18-8-9-19-23,16-14-20-10-4-2-5-11-20)17-15-21-12-6-3-7-13-21/h2-7,10-13H,8-9,14,16,18-19H2,1H3. The van der Waals surface area contributed by atoms with E-state index in [-0.39, 0.29) is 5.54 Å². The molecule has 0 aliphatic carbocycles. The normalized spacial score (nSPS) is 17.3. The summed E-state index contributed by atoms with van der Waals surface area (Å²) in [7, 11) is 0. The zero-order valence-corrected chi connectivity index (χ0v) is 14.0. The van der Waals surface area contributed by atoms with E-state index in [0.717, 1.165) is 18.4 Å². The first-order valence-corrected chi connectivity index (χ1v) is 8.63. The molecule has 0 bridgehead atoms. The van der Waals surface area contributed by atoms with Crippen molar-refractivity contribution < 1.29 is 0 Å². The molecule has 1 saturated heterocycles. The second-order valence-corrected chi connectivity index (χ2v) is 6.57. The summed E-state index contributed by atoms with van der Waals surface area (Å²) in [5, 5.41) is 0. The number of likely N-dealkylation sites (tertiary alicyclic amines) is 1. The predicted octanol–water partition coefficient (Wildman–Crippen LogP) is 4.53. The maximum atomic E-state index is 3.60. The summed E-state index contributed by atoms with van der Waals surface area (Å²) in [6.07, 6.45) is 4.76. The van der Waals surface area contributed by atoms with Gasteiger partial charge in [-0.15, -0.1) is 0 Å². The van der Waals surface area contributed by atoms with Crippen molar-refractivity contribution in [1.82, 2.24) is 4.90 Å². The van der Waals surface area contributed by atoms with Crippen LogP contribution in [0.15, 0.2) is 60.7 Å². The largest absolute Gasteiger partial charge is 0.288 e. The van der Waals surface area contributed by atoms with Crippen molar-refractivity contribution in [3.05, 3.63) is 71.8 Å². The highest BCUT2D eigenvalue weighted by Crippen LogP contribution is 2.26. The van der Waals surface area contributed by atoms with Gasteiger partial charge in [-0.05, 0) is 63.4 Å². The molecule has 0 amide bonds. The minimum absolute atomic E-state index is 0.0395. The molecule has 118 valence electrons. The van der Waals surface area contributed by atoms with Gasteiger partial charge in [0.2, 0.25) is 0 Å². The highest BCUT2D eigenvalue weighted by Gasteiger charge is 2.31. The first kappa shape index (κ1) is 15.8. The zero-order chi connectivity index (χ0) is 16.0. The van der Waals surface area contributed by atoms with E-state index in [4.69, 9.17) is 0 Å². The van der Waals surface area contributed by atoms with Gasteiger partial charge < -0.3 is 0 Å². The maximum absolute atomic E-state index is 3.60. The molecule has 1 heteroatoms. The third-order valence-corrected chi connectivity index (χ3v) is 4.80. The Morgan fingerprint density at radius 1 is 0.913 bits per heavy atom. The third kappa shape index (κ3) is 4.24. The molecule has 1 fully saturated rings. The summed E-state index contributed by atoms with van der Waals surface area (Å²) >= 11 is 0. The lowest BCUT2D eigenvalue weighted by atomic mass is 9.91. The summed E-state index contributed by atoms with van der Waals surface area (Å²) in [5.74, 6) is 7.01. The highest BCUT2D eigenvalue weighted by atomic mass is 15.2. The van der Waals surface area contributed by atoms with Gasteiger partial charge in [0.05, 0.1) is 5.54 Å². The number of nitrogens with zero attached hydrogens (tertiary/aromatic N) is 1. The van der Waals surface area contributed by atoms with Crippen LogP contribution in [0.3, 0.4) is 0 Å². The Morgan fingerprint density at radius 3 is 2.17 bits per heavy atom. The molecule has 1 unspecified atom stereocenters. The first-order valence-electron chi connectivity index (χ1n) is 8.63. The molecule has 0 radical (unpaired) electrons. The summed E-state index contributed by atoms with van der Waals surface area (Å²) in [5.41, 5.74) is 2.47. The molecule has 0 N–H and O–H groups in total. The van der Waals surface area contributed by atoms with Crippen LogP contribution in [0.4, 0.5) is 0 Å². The highest BCUT2D eigenvalue weighted by molar-refractivity contribution is 5.36. The molecule has 2 aromatic rings. The SMILES string of the molecule is CC(C#Cc1ccccc1)(CCc1ccccc1)N1CCCC1. The van der Waals surface area contributed by atoms with Crippen LogP contribution in [0, 0.1) is 11.8 Å². The van der Waals surface area contributed by atoms with Crippen molar-refractivity contribution in [3.8, 4) is 11.8 Å². The number of aryl methyl sites for hydroxylation is 1. The van der Waals surface area contributed by atoms with Gasteiger partial charge in [0.15, 0.2) is 0 Å². The number of hydrogen-bond donors (Lipinski definition) is 0. The minimum atomic E-state index is -0.0395. The quantitative estimate of drug-likeness (QED) is 0.750. The van der Waals surface area contributed by atoms with Gasteiger partial charge in [0, 0.05) is 5.56 Å². The van der Waals surface area contributed by atoms with Crippen LogP contribution in [-0.2, 0) is 6.42 Å². The molecule has 0 spiro atoms. The molecule has 23 heavy (non-hydrogen) atoms. The van der Waals surface area contributed by atoms with Crippen LogP contribution in [0.5, 0.6) is 0 Å². The molecule has 2 aromatic carbocycles. The Hall–Kier alpha value is -2.04. The van der Waals surface area contributed by atoms with Crippen LogP contribution in [0.1, 0.15) is 37.3 Å². The Morgan fingerprint density at radius 2 is 1.52 bits per heavy atom. The van der Waals surface area contributed by atoms with Gasteiger partial charge in [-0.3, -0.25) is 4.90 Å². The van der Waals surface area contributed by atoms with E-state index < -0.39 is 0 Å². The van der Waals surface area contributed by atoms with Crippen molar-refractivity contribution >= 4 is 0 Å². The van der Waals surface area contributed by atoms with Crippen molar-refractivity contribution in [3.63, 3.8) is 0 Å². The number of hydrogen-bond acceptors (Lipinski definition) is 1. The Bertz CT molecular complexity index is 659. The van der Waals surface area contributed by atoms with Gasteiger partial charge in [-0.2, -0.15) is 0 Å². The molecule has 1 heterocycles. The second kappa shape index (κ2) is 7.49. The summed E-state index contributed by atoms with van der Waals surface area (Å²) in [6, 6.07) is 21.1. The lowest BCUT2D eigenvalue weighted by molar-refractivity contribution is 0.183. The van der Waals surface area contributed by atoms with Crippen molar-refractivity contribution in [2.24, 2.45) is 0 Å². The minimum Gasteiger partial charge on any atom is -0.288 e. The van der Waals surface area contributed by atoms with Gasteiger partial charge in [-0.1, -0.05) is 60.4 Å². The van der Waals surface area contributed by atoms with Gasteiger partial charge in [-0.25, -0.2) is 0 Å². The van der Waals surface area contributed by atoms with Crippen LogP contribution in [-0.4, -0.2) is 23.5 Å². The van der Waals surface area contributed by atoms with Crippen LogP contribution in [0.25, 0.3) is 0 Å². The zero-order valence-electron chi connectivity index (χ0n) is 14.0. The van der Waals surface area contributed by atoms with E-state index in [1.165, 1.54) is 31.5 Å². The molecule has 1 aliphatic rings. The molecule has 0 saturated carbocycles. The number of rotatable bonds is 4. The summed E-state index contributed by atoms with van der Waals surface area (Å²) in [6.45, 7) is 4.67. The van der Waals surface area contributed by atoms with E-state index in [2.05, 4.69) is 78.3 Å². The van der Waals surface area contributed by atoms with Crippen LogP contribution >= 0.6 is 0 Å². The molecular formula is C22H25N. The van der Waals surface area contributed by atoms with E-state index >= 15 is 0 Å². The maximum Gasteiger partial charge on any atom is 0.0804 e. The number of benzene rings is 2. The molecule has 1 aliphatic heterocycles. The fourth-order valence-corrected chi connectivity index (χ4v) is 3.27. The predicted molar refractivity (Wildman–Crippen MR) is 97.3 cm³/mol. The van der Waals surface area contributed by atoms with Crippen LogP contribution in [0.2, 0.25) is 0 Å². The fraction of sp³-hybridized carbons (Fsp3) is 0.364. The second-order valence-electron chi connectivity index (χ2n) is 6.57. The van der Waals surface area contributed by atoms with E-state index in [9.17, 15) is 0 Å². The van der Waals surface area contributed by atoms with Gasteiger partial charge in [0.1, 0.15) is 0 Å². The topological polar surface area (TPSA) is 3.24 Å². The third-order valence-electron chi connectivity index (χ3n) is 4.80. The Balaban J connectivity index is 1.78. The van der Waals surface area contributed by atoms with Crippen molar-refractivity contribution in [2.75, 3.05) is 13.1 Å². The average molecular weight is 303 g/mol. The fourth-order valence-electron chi connectivity index (χ4n) is 3.27. The molecule has 1 nitrogen and oxygen atoms in total. The molecule has 0 aromatic heterocycles. The van der Waals surface area contributed by atoms with E-state index in [1.54, 1.807) is 0 Å². The summed E-state index contributed by atoms with van der Waals surface area (Å²) < 4.78 is 0. The molecular weight excluding hydrogens is 278 g/mol. The van der Waals surface area contributed by atoms with E-state index in [1.807, 2.05) is 6.07 Å². The van der Waals surface area contributed by atoms with Crippen molar-refractivity contribution in [1.29, 1.82) is 0 Å². The summed E-state index contributed by atoms with van der Waals surface area (Å²) in [4.78, 5) is 2.58. The van der Waals surface area contributed by atoms with Gasteiger partial charge in [0.25, 0.3) is 0 Å².